The molecule has 1 fully saturated rings. The largest absolute Gasteiger partial charge is 0.347 e. The van der Waals surface area contributed by atoms with Crippen LogP contribution < -0.4 is 10.6 Å². The molecule has 1 heterocycles. The molecule has 0 spiro atoms. The van der Waals surface area contributed by atoms with Crippen LogP contribution >= 0.6 is 0 Å². The predicted octanol–water partition coefficient (Wildman–Crippen LogP) is 1.54. The molecule has 0 aliphatic carbocycles. The molecule has 0 aromatic heterocycles. The molecule has 3 heteroatoms. The summed E-state index contributed by atoms with van der Waals surface area (Å²) in [6.07, 6.45) is 0. The maximum atomic E-state index is 12.1. The van der Waals surface area contributed by atoms with Crippen molar-refractivity contribution in [2.45, 2.75) is 6.04 Å². The van der Waals surface area contributed by atoms with Crippen LogP contribution in [0.4, 0.5) is 0 Å². The Bertz CT molecular complexity index is 556. The summed E-state index contributed by atoms with van der Waals surface area (Å²) in [5.41, 5.74) is 0.759. The number of hydrogen-bond donors (Lipinski definition) is 2. The maximum absolute atomic E-state index is 12.1. The number of amides is 1. The second-order valence-corrected chi connectivity index (χ2v) is 4.36. The summed E-state index contributed by atoms with van der Waals surface area (Å²) in [5.74, 6) is 0.0216. The third kappa shape index (κ3) is 1.89. The summed E-state index contributed by atoms with van der Waals surface area (Å²) < 4.78 is 0. The lowest BCUT2D eigenvalue weighted by atomic mass is 10.0. The molecule has 86 valence electrons. The molecule has 0 atom stereocenters. The van der Waals surface area contributed by atoms with Crippen molar-refractivity contribution in [1.29, 1.82) is 0 Å². The Labute approximate surface area is 99.8 Å². The van der Waals surface area contributed by atoms with Crippen LogP contribution in [0.15, 0.2) is 42.5 Å². The number of nitrogens with one attached hydrogen (secondary N) is 2. The molecule has 0 unspecified atom stereocenters. The van der Waals surface area contributed by atoms with Crippen molar-refractivity contribution in [2.75, 3.05) is 13.1 Å². The van der Waals surface area contributed by atoms with E-state index in [0.29, 0.717) is 0 Å². The fraction of sp³-hybridized carbons (Fsp3) is 0.214. The number of benzene rings is 2. The monoisotopic (exact) mass is 226 g/mol. The van der Waals surface area contributed by atoms with E-state index in [1.54, 1.807) is 0 Å². The Morgan fingerprint density at radius 2 is 1.88 bits per heavy atom. The van der Waals surface area contributed by atoms with Crippen LogP contribution in [-0.2, 0) is 0 Å². The molecular weight excluding hydrogens is 212 g/mol. The van der Waals surface area contributed by atoms with E-state index in [-0.39, 0.29) is 11.9 Å². The van der Waals surface area contributed by atoms with Gasteiger partial charge in [0.2, 0.25) is 0 Å². The van der Waals surface area contributed by atoms with Crippen molar-refractivity contribution >= 4 is 16.7 Å². The minimum atomic E-state index is 0.0216. The first-order valence-electron chi connectivity index (χ1n) is 5.84. The molecule has 1 aliphatic heterocycles. The van der Waals surface area contributed by atoms with Gasteiger partial charge in [-0.15, -0.1) is 0 Å². The second-order valence-electron chi connectivity index (χ2n) is 4.36. The molecule has 2 aromatic rings. The number of rotatable bonds is 2. The summed E-state index contributed by atoms with van der Waals surface area (Å²) in [5, 5.41) is 8.28. The van der Waals surface area contributed by atoms with Gasteiger partial charge in [0.1, 0.15) is 0 Å². The van der Waals surface area contributed by atoms with Gasteiger partial charge in [-0.3, -0.25) is 4.79 Å². The zero-order chi connectivity index (χ0) is 11.7. The molecule has 1 amide bonds. The van der Waals surface area contributed by atoms with E-state index in [2.05, 4.69) is 10.6 Å². The van der Waals surface area contributed by atoms with Crippen molar-refractivity contribution in [3.05, 3.63) is 48.0 Å². The summed E-state index contributed by atoms with van der Waals surface area (Å²) in [6, 6.07) is 14.1. The SMILES string of the molecule is O=C(NC1CNC1)c1cccc2ccccc12. The smallest absolute Gasteiger partial charge is 0.252 e. The molecule has 2 N–H and O–H groups in total. The molecule has 3 rings (SSSR count). The molecule has 2 aromatic carbocycles. The van der Waals surface area contributed by atoms with Crippen LogP contribution in [0.1, 0.15) is 10.4 Å². The van der Waals surface area contributed by atoms with Crippen LogP contribution in [0.3, 0.4) is 0 Å². The highest BCUT2D eigenvalue weighted by Gasteiger charge is 2.20. The van der Waals surface area contributed by atoms with Gasteiger partial charge in [-0.2, -0.15) is 0 Å². The number of carbonyl (C=O) groups excluding carboxylic acids is 1. The van der Waals surface area contributed by atoms with Gasteiger partial charge < -0.3 is 10.6 Å². The van der Waals surface area contributed by atoms with Crippen LogP contribution in [0, 0.1) is 0 Å². The molecular formula is C14H14N2O. The lowest BCUT2D eigenvalue weighted by Crippen LogP contribution is -2.56. The van der Waals surface area contributed by atoms with Gasteiger partial charge in [0.15, 0.2) is 0 Å². The first-order valence-corrected chi connectivity index (χ1v) is 5.84. The quantitative estimate of drug-likeness (QED) is 0.815. The normalized spacial score (nSPS) is 15.5. The summed E-state index contributed by atoms with van der Waals surface area (Å²) in [7, 11) is 0. The van der Waals surface area contributed by atoms with E-state index in [4.69, 9.17) is 0 Å². The van der Waals surface area contributed by atoms with E-state index in [0.717, 1.165) is 29.4 Å². The molecule has 0 radical (unpaired) electrons. The predicted molar refractivity (Wildman–Crippen MR) is 68.1 cm³/mol. The van der Waals surface area contributed by atoms with Gasteiger partial charge >= 0.3 is 0 Å². The molecule has 0 bridgehead atoms. The highest BCUT2D eigenvalue weighted by molar-refractivity contribution is 6.07. The molecule has 17 heavy (non-hydrogen) atoms. The minimum Gasteiger partial charge on any atom is -0.347 e. The van der Waals surface area contributed by atoms with Gasteiger partial charge in [-0.25, -0.2) is 0 Å². The standard InChI is InChI=1S/C14H14N2O/c17-14(16-11-8-15-9-11)13-7-3-5-10-4-1-2-6-12(10)13/h1-7,11,15H,8-9H2,(H,16,17). The number of fused-ring (bicyclic) bond motifs is 1. The molecule has 3 nitrogen and oxygen atoms in total. The molecule has 1 saturated heterocycles. The summed E-state index contributed by atoms with van der Waals surface area (Å²) in [4.78, 5) is 12.1. The average Bonchev–Trinajstić information content (AvgIpc) is 2.33. The number of hydrogen-bond acceptors (Lipinski definition) is 2. The van der Waals surface area contributed by atoms with Gasteiger partial charge in [-0.1, -0.05) is 36.4 Å². The van der Waals surface area contributed by atoms with Crippen molar-refractivity contribution in [1.82, 2.24) is 10.6 Å². The van der Waals surface area contributed by atoms with E-state index in [1.165, 1.54) is 0 Å². The minimum absolute atomic E-state index is 0.0216. The van der Waals surface area contributed by atoms with Crippen molar-refractivity contribution in [3.8, 4) is 0 Å². The van der Waals surface area contributed by atoms with Crippen LogP contribution in [0.5, 0.6) is 0 Å². The molecule has 0 saturated carbocycles. The third-order valence-electron chi connectivity index (χ3n) is 3.15. The van der Waals surface area contributed by atoms with E-state index in [9.17, 15) is 4.79 Å². The van der Waals surface area contributed by atoms with Crippen molar-refractivity contribution < 1.29 is 4.79 Å². The topological polar surface area (TPSA) is 41.1 Å². The van der Waals surface area contributed by atoms with Crippen molar-refractivity contribution in [2.24, 2.45) is 0 Å². The summed E-state index contributed by atoms with van der Waals surface area (Å²) in [6.45, 7) is 1.74. The second kappa shape index (κ2) is 4.18. The van der Waals surface area contributed by atoms with Gasteiger partial charge in [-0.05, 0) is 16.8 Å². The van der Waals surface area contributed by atoms with Crippen LogP contribution in [0.25, 0.3) is 10.8 Å². The zero-order valence-electron chi connectivity index (χ0n) is 9.44. The first-order chi connectivity index (χ1) is 8.34. The highest BCUT2D eigenvalue weighted by atomic mass is 16.1. The van der Waals surface area contributed by atoms with E-state index in [1.807, 2.05) is 42.5 Å². The van der Waals surface area contributed by atoms with Gasteiger partial charge in [0, 0.05) is 18.7 Å². The highest BCUT2D eigenvalue weighted by Crippen LogP contribution is 2.18. The Balaban J connectivity index is 1.95. The van der Waals surface area contributed by atoms with Gasteiger partial charge in [0.25, 0.3) is 5.91 Å². The summed E-state index contributed by atoms with van der Waals surface area (Å²) >= 11 is 0. The Morgan fingerprint density at radius 3 is 2.65 bits per heavy atom. The third-order valence-corrected chi connectivity index (χ3v) is 3.15. The van der Waals surface area contributed by atoms with Gasteiger partial charge in [0.05, 0.1) is 6.04 Å². The van der Waals surface area contributed by atoms with E-state index < -0.39 is 0 Å². The first kappa shape index (κ1) is 10.3. The lowest BCUT2D eigenvalue weighted by Gasteiger charge is -2.28. The Kier molecular flexibility index (Phi) is 2.53. The average molecular weight is 226 g/mol. The van der Waals surface area contributed by atoms with E-state index >= 15 is 0 Å². The Hall–Kier alpha value is -1.87. The lowest BCUT2D eigenvalue weighted by molar-refractivity contribution is 0.0925. The van der Waals surface area contributed by atoms with Crippen molar-refractivity contribution in [3.63, 3.8) is 0 Å². The molecule has 1 aliphatic rings. The fourth-order valence-electron chi connectivity index (χ4n) is 2.08. The van der Waals surface area contributed by atoms with Crippen LogP contribution in [0.2, 0.25) is 0 Å². The fourth-order valence-corrected chi connectivity index (χ4v) is 2.08. The Morgan fingerprint density at radius 1 is 1.12 bits per heavy atom. The zero-order valence-corrected chi connectivity index (χ0v) is 9.44. The maximum Gasteiger partial charge on any atom is 0.252 e. The number of carbonyl (C=O) groups is 1. The van der Waals surface area contributed by atoms with Crippen LogP contribution in [-0.4, -0.2) is 25.0 Å².